The Hall–Kier alpha value is -3.60. The van der Waals surface area contributed by atoms with Crippen molar-refractivity contribution in [3.8, 4) is 11.5 Å². The molecular weight excluding hydrogens is 414 g/mol. The van der Waals surface area contributed by atoms with Crippen LogP contribution in [0.15, 0.2) is 29.6 Å². The molecule has 0 aliphatic carbocycles. The quantitative estimate of drug-likeness (QED) is 0.540. The molecule has 0 radical (unpaired) electrons. The summed E-state index contributed by atoms with van der Waals surface area (Å²) in [4.78, 5) is 48.4. The molecule has 0 saturated carbocycles. The Bertz CT molecular complexity index is 928. The summed E-state index contributed by atoms with van der Waals surface area (Å²) in [5.74, 6) is -1.60. The fourth-order valence-electron chi connectivity index (χ4n) is 2.34. The molecule has 2 rings (SSSR count). The van der Waals surface area contributed by atoms with E-state index < -0.39 is 30.4 Å². The minimum atomic E-state index is -0.895. The number of hydrogen-bond acceptors (Lipinski definition) is 8. The van der Waals surface area contributed by atoms with Crippen LogP contribution in [0.5, 0.6) is 11.5 Å². The van der Waals surface area contributed by atoms with Gasteiger partial charge in [0.15, 0.2) is 18.1 Å². The van der Waals surface area contributed by atoms with Gasteiger partial charge in [0, 0.05) is 23.9 Å². The van der Waals surface area contributed by atoms with Crippen molar-refractivity contribution in [3.63, 3.8) is 0 Å². The van der Waals surface area contributed by atoms with E-state index in [2.05, 4.69) is 16.0 Å². The van der Waals surface area contributed by atoms with E-state index in [4.69, 9.17) is 14.2 Å². The number of carbonyl (C=O) groups is 4. The highest BCUT2D eigenvalue weighted by atomic mass is 32.1. The van der Waals surface area contributed by atoms with Crippen LogP contribution in [0.4, 0.5) is 10.5 Å². The normalized spacial score (nSPS) is 9.97. The molecule has 3 N–H and O–H groups in total. The standard InChI is InChI=1S/C19H21N3O7S/c1-11(23)21-14-8-16(28-3)15(27-2)7-13(14)18(25)29-10-17(24)22-19(26)20-9-12-5-4-6-30-12/h4-8H,9-10H2,1-3H3,(H,21,23)(H2,20,22,24,26). The summed E-state index contributed by atoms with van der Waals surface area (Å²) in [6.45, 7) is 0.843. The third-order valence-electron chi connectivity index (χ3n) is 3.64. The van der Waals surface area contributed by atoms with E-state index in [1.54, 1.807) is 0 Å². The van der Waals surface area contributed by atoms with Gasteiger partial charge < -0.3 is 24.8 Å². The first-order valence-corrected chi connectivity index (χ1v) is 9.52. The molecule has 160 valence electrons. The molecule has 1 aromatic heterocycles. The van der Waals surface area contributed by atoms with E-state index in [1.807, 2.05) is 17.5 Å². The zero-order valence-corrected chi connectivity index (χ0v) is 17.4. The van der Waals surface area contributed by atoms with Gasteiger partial charge in [0.1, 0.15) is 0 Å². The Morgan fingerprint density at radius 2 is 1.77 bits per heavy atom. The largest absolute Gasteiger partial charge is 0.493 e. The molecule has 1 aromatic carbocycles. The number of hydrogen-bond donors (Lipinski definition) is 3. The van der Waals surface area contributed by atoms with Crippen molar-refractivity contribution < 1.29 is 33.4 Å². The SMILES string of the molecule is COc1cc(NC(C)=O)c(C(=O)OCC(=O)NC(=O)NCc2cccs2)cc1OC. The molecule has 10 nitrogen and oxygen atoms in total. The maximum atomic E-state index is 12.4. The molecule has 0 bridgehead atoms. The second-order valence-corrected chi connectivity index (χ2v) is 6.85. The molecule has 0 saturated heterocycles. The van der Waals surface area contributed by atoms with Gasteiger partial charge in [-0.2, -0.15) is 0 Å². The summed E-state index contributed by atoms with van der Waals surface area (Å²) in [5.41, 5.74) is 0.0806. The first-order valence-electron chi connectivity index (χ1n) is 8.64. The first kappa shape index (κ1) is 22.7. The number of ether oxygens (including phenoxy) is 3. The predicted octanol–water partition coefficient (Wildman–Crippen LogP) is 1.91. The molecule has 2 aromatic rings. The summed E-state index contributed by atoms with van der Waals surface area (Å²) < 4.78 is 15.3. The minimum absolute atomic E-state index is 0.0437. The van der Waals surface area contributed by atoms with Crippen molar-refractivity contribution in [3.05, 3.63) is 40.1 Å². The van der Waals surface area contributed by atoms with Gasteiger partial charge in [-0.05, 0) is 11.4 Å². The number of esters is 1. The Kier molecular flexibility index (Phi) is 8.18. The third-order valence-corrected chi connectivity index (χ3v) is 4.52. The van der Waals surface area contributed by atoms with Crippen LogP contribution in [0.2, 0.25) is 0 Å². The zero-order valence-electron chi connectivity index (χ0n) is 16.6. The number of imide groups is 1. The molecule has 1 heterocycles. The van der Waals surface area contributed by atoms with Crippen LogP contribution in [0, 0.1) is 0 Å². The van der Waals surface area contributed by atoms with Crippen LogP contribution in [0.1, 0.15) is 22.2 Å². The molecule has 30 heavy (non-hydrogen) atoms. The fraction of sp³-hybridized carbons (Fsp3) is 0.263. The van der Waals surface area contributed by atoms with Gasteiger partial charge >= 0.3 is 12.0 Å². The number of methoxy groups -OCH3 is 2. The van der Waals surface area contributed by atoms with E-state index in [0.29, 0.717) is 0 Å². The predicted molar refractivity (Wildman–Crippen MR) is 109 cm³/mol. The Morgan fingerprint density at radius 3 is 2.37 bits per heavy atom. The molecule has 0 aliphatic rings. The minimum Gasteiger partial charge on any atom is -0.493 e. The Morgan fingerprint density at radius 1 is 1.07 bits per heavy atom. The summed E-state index contributed by atoms with van der Waals surface area (Å²) in [6.07, 6.45) is 0. The van der Waals surface area contributed by atoms with Crippen LogP contribution < -0.4 is 25.4 Å². The van der Waals surface area contributed by atoms with E-state index in [9.17, 15) is 19.2 Å². The fourth-order valence-corrected chi connectivity index (χ4v) is 2.98. The molecule has 11 heteroatoms. The van der Waals surface area contributed by atoms with Gasteiger partial charge in [0.25, 0.3) is 5.91 Å². The van der Waals surface area contributed by atoms with Gasteiger partial charge in [0.05, 0.1) is 32.0 Å². The lowest BCUT2D eigenvalue weighted by atomic mass is 10.1. The van der Waals surface area contributed by atoms with Gasteiger partial charge in [-0.25, -0.2) is 9.59 Å². The number of benzene rings is 1. The van der Waals surface area contributed by atoms with Crippen molar-refractivity contribution >= 4 is 40.8 Å². The number of nitrogens with one attached hydrogen (secondary N) is 3. The highest BCUT2D eigenvalue weighted by molar-refractivity contribution is 7.09. The van der Waals surface area contributed by atoms with Gasteiger partial charge in [0.2, 0.25) is 5.91 Å². The van der Waals surface area contributed by atoms with Crippen molar-refractivity contribution in [1.29, 1.82) is 0 Å². The molecule has 4 amide bonds. The summed E-state index contributed by atoms with van der Waals surface area (Å²) in [5, 5.41) is 8.93. The lowest BCUT2D eigenvalue weighted by Gasteiger charge is -2.14. The lowest BCUT2D eigenvalue weighted by Crippen LogP contribution is -2.41. The average molecular weight is 435 g/mol. The number of urea groups is 1. The molecule has 0 spiro atoms. The molecule has 0 aliphatic heterocycles. The van der Waals surface area contributed by atoms with E-state index >= 15 is 0 Å². The van der Waals surface area contributed by atoms with E-state index in [-0.39, 0.29) is 29.3 Å². The van der Waals surface area contributed by atoms with E-state index in [1.165, 1.54) is 44.6 Å². The highest BCUT2D eigenvalue weighted by Gasteiger charge is 2.20. The van der Waals surface area contributed by atoms with Crippen LogP contribution in [0.25, 0.3) is 0 Å². The second-order valence-electron chi connectivity index (χ2n) is 5.82. The van der Waals surface area contributed by atoms with Crippen LogP contribution in [0.3, 0.4) is 0 Å². The van der Waals surface area contributed by atoms with Gasteiger partial charge in [-0.15, -0.1) is 11.3 Å². The molecule has 0 fully saturated rings. The number of rotatable bonds is 8. The number of thiophene rings is 1. The lowest BCUT2D eigenvalue weighted by molar-refractivity contribution is -0.123. The average Bonchev–Trinajstić information content (AvgIpc) is 3.23. The van der Waals surface area contributed by atoms with E-state index in [0.717, 1.165) is 4.88 Å². The van der Waals surface area contributed by atoms with Crippen molar-refractivity contribution in [1.82, 2.24) is 10.6 Å². The monoisotopic (exact) mass is 435 g/mol. The summed E-state index contributed by atoms with van der Waals surface area (Å²) >= 11 is 1.46. The summed E-state index contributed by atoms with van der Waals surface area (Å²) in [6, 6.07) is 5.68. The number of amides is 4. The van der Waals surface area contributed by atoms with Gasteiger partial charge in [-0.1, -0.05) is 6.07 Å². The maximum absolute atomic E-state index is 12.4. The summed E-state index contributed by atoms with van der Waals surface area (Å²) in [7, 11) is 2.79. The van der Waals surface area contributed by atoms with Crippen molar-refractivity contribution in [2.45, 2.75) is 13.5 Å². The second kappa shape index (κ2) is 10.8. The molecule has 0 atom stereocenters. The Labute approximate surface area is 176 Å². The zero-order chi connectivity index (χ0) is 22.1. The number of carbonyl (C=O) groups excluding carboxylic acids is 4. The van der Waals surface area contributed by atoms with Crippen LogP contribution >= 0.6 is 11.3 Å². The first-order chi connectivity index (χ1) is 14.3. The van der Waals surface area contributed by atoms with Crippen molar-refractivity contribution in [2.24, 2.45) is 0 Å². The Balaban J connectivity index is 1.97. The maximum Gasteiger partial charge on any atom is 0.340 e. The highest BCUT2D eigenvalue weighted by Crippen LogP contribution is 2.33. The molecule has 0 unspecified atom stereocenters. The topological polar surface area (TPSA) is 132 Å². The molecular formula is C19H21N3O7S. The van der Waals surface area contributed by atoms with Crippen molar-refractivity contribution in [2.75, 3.05) is 26.1 Å². The smallest absolute Gasteiger partial charge is 0.340 e. The third kappa shape index (κ3) is 6.48. The van der Waals surface area contributed by atoms with Gasteiger partial charge in [-0.3, -0.25) is 14.9 Å². The van der Waals surface area contributed by atoms with Crippen LogP contribution in [-0.4, -0.2) is 44.6 Å². The number of anilines is 1. The van der Waals surface area contributed by atoms with Crippen LogP contribution in [-0.2, 0) is 20.9 Å².